The van der Waals surface area contributed by atoms with Crippen LogP contribution in [-0.4, -0.2) is 25.9 Å². The third kappa shape index (κ3) is 6.38. The monoisotopic (exact) mass is 454 g/mol. The summed E-state index contributed by atoms with van der Waals surface area (Å²) in [5.41, 5.74) is 2.41. The molecule has 8 heteroatoms. The van der Waals surface area contributed by atoms with Crippen molar-refractivity contribution >= 4 is 20.2 Å². The Balaban J connectivity index is 2.84. The Bertz CT molecular complexity index is 1130. The van der Waals surface area contributed by atoms with Gasteiger partial charge in [0.2, 0.25) is 0 Å². The minimum Gasteiger partial charge on any atom is -0.282 e. The molecule has 0 bridgehead atoms. The molecular weight excluding hydrogens is 424 g/mol. The van der Waals surface area contributed by atoms with Gasteiger partial charge in [-0.05, 0) is 64.1 Å². The molecule has 2 aromatic carbocycles. The van der Waals surface area contributed by atoms with Crippen LogP contribution in [0.4, 0.5) is 0 Å². The lowest BCUT2D eigenvalue weighted by molar-refractivity contribution is 0.388. The molecule has 0 saturated heterocycles. The second-order valence-electron chi connectivity index (χ2n) is 10.0. The first kappa shape index (κ1) is 24.5. The minimum absolute atomic E-state index is 0.102. The van der Waals surface area contributed by atoms with Crippen molar-refractivity contribution in [2.24, 2.45) is 10.8 Å². The maximum absolute atomic E-state index is 12.1. The third-order valence-corrected chi connectivity index (χ3v) is 6.35. The largest absolute Gasteiger partial charge is 0.294 e. The highest BCUT2D eigenvalue weighted by Crippen LogP contribution is 2.38. The van der Waals surface area contributed by atoms with E-state index in [1.807, 2.05) is 41.5 Å². The van der Waals surface area contributed by atoms with Crippen LogP contribution in [0.5, 0.6) is 0 Å². The summed E-state index contributed by atoms with van der Waals surface area (Å²) in [6.07, 6.45) is 0.988. The van der Waals surface area contributed by atoms with Crippen LogP contribution in [0, 0.1) is 10.8 Å². The highest BCUT2D eigenvalue weighted by molar-refractivity contribution is 7.86. The van der Waals surface area contributed by atoms with E-state index < -0.39 is 20.2 Å². The topological polar surface area (TPSA) is 109 Å². The summed E-state index contributed by atoms with van der Waals surface area (Å²) in [5, 5.41) is 0. The maximum atomic E-state index is 12.1. The van der Waals surface area contributed by atoms with Gasteiger partial charge in [0.1, 0.15) is 0 Å². The standard InChI is InChI=1S/C22H30O6S2/c1-21(2,3)13-18-17(15-7-9-16(10-8-15)29(23,24)25)11-12-20(30(26,27)28)19(18)14-22(4,5)6/h7-12H,13-14H2,1-6H3,(H,23,24,25)(H,26,27,28). The van der Waals surface area contributed by atoms with Crippen LogP contribution in [0.15, 0.2) is 46.2 Å². The molecule has 0 radical (unpaired) electrons. The molecule has 0 heterocycles. The number of benzene rings is 2. The van der Waals surface area contributed by atoms with Crippen molar-refractivity contribution in [2.45, 2.75) is 64.2 Å². The van der Waals surface area contributed by atoms with Crippen molar-refractivity contribution < 1.29 is 25.9 Å². The zero-order chi connectivity index (χ0) is 23.1. The van der Waals surface area contributed by atoms with Gasteiger partial charge in [-0.25, -0.2) is 0 Å². The molecule has 166 valence electrons. The van der Waals surface area contributed by atoms with Gasteiger partial charge in [0, 0.05) is 0 Å². The van der Waals surface area contributed by atoms with Crippen molar-refractivity contribution in [2.75, 3.05) is 0 Å². The van der Waals surface area contributed by atoms with Crippen LogP contribution in [0.25, 0.3) is 11.1 Å². The average Bonchev–Trinajstić information content (AvgIpc) is 2.52. The molecule has 0 aromatic heterocycles. The Hall–Kier alpha value is -1.74. The molecule has 0 fully saturated rings. The van der Waals surface area contributed by atoms with Crippen molar-refractivity contribution in [1.29, 1.82) is 0 Å². The fourth-order valence-electron chi connectivity index (χ4n) is 3.45. The van der Waals surface area contributed by atoms with E-state index in [4.69, 9.17) is 0 Å². The van der Waals surface area contributed by atoms with Crippen molar-refractivity contribution in [3.05, 3.63) is 47.5 Å². The van der Waals surface area contributed by atoms with Crippen LogP contribution >= 0.6 is 0 Å². The van der Waals surface area contributed by atoms with Crippen molar-refractivity contribution in [3.63, 3.8) is 0 Å². The molecule has 6 nitrogen and oxygen atoms in total. The number of rotatable bonds is 5. The predicted molar refractivity (Wildman–Crippen MR) is 118 cm³/mol. The lowest BCUT2D eigenvalue weighted by atomic mass is 9.78. The van der Waals surface area contributed by atoms with Crippen LogP contribution in [0.2, 0.25) is 0 Å². The van der Waals surface area contributed by atoms with Gasteiger partial charge < -0.3 is 0 Å². The van der Waals surface area contributed by atoms with Gasteiger partial charge in [0.15, 0.2) is 0 Å². The highest BCUT2D eigenvalue weighted by Gasteiger charge is 2.27. The molecule has 2 N–H and O–H groups in total. The van der Waals surface area contributed by atoms with E-state index in [0.717, 1.165) is 11.1 Å². The van der Waals surface area contributed by atoms with E-state index >= 15 is 0 Å². The summed E-state index contributed by atoms with van der Waals surface area (Å²) >= 11 is 0. The summed E-state index contributed by atoms with van der Waals surface area (Å²) in [6.45, 7) is 12.1. The fourth-order valence-corrected chi connectivity index (χ4v) is 4.67. The second kappa shape index (κ2) is 8.07. The summed E-state index contributed by atoms with van der Waals surface area (Å²) in [7, 11) is -8.73. The maximum Gasteiger partial charge on any atom is 0.294 e. The van der Waals surface area contributed by atoms with Crippen LogP contribution in [0.1, 0.15) is 52.7 Å². The normalized spacial score (nSPS) is 13.5. The zero-order valence-electron chi connectivity index (χ0n) is 18.2. The molecule has 0 saturated carbocycles. The first-order chi connectivity index (χ1) is 13.4. The third-order valence-electron chi connectivity index (χ3n) is 4.54. The fraction of sp³-hybridized carbons (Fsp3) is 0.455. The van der Waals surface area contributed by atoms with Gasteiger partial charge in [-0.3, -0.25) is 9.11 Å². The lowest BCUT2D eigenvalue weighted by Crippen LogP contribution is -2.19. The Morgan fingerprint density at radius 3 is 1.53 bits per heavy atom. The van der Waals surface area contributed by atoms with E-state index in [1.165, 1.54) is 18.2 Å². The van der Waals surface area contributed by atoms with E-state index in [-0.39, 0.29) is 20.6 Å². The van der Waals surface area contributed by atoms with Gasteiger partial charge in [-0.15, -0.1) is 0 Å². The molecule has 0 aliphatic rings. The Morgan fingerprint density at radius 1 is 0.667 bits per heavy atom. The van der Waals surface area contributed by atoms with Gasteiger partial charge in [-0.2, -0.15) is 16.8 Å². The first-order valence-corrected chi connectivity index (χ1v) is 12.5. The quantitative estimate of drug-likeness (QED) is 0.614. The van der Waals surface area contributed by atoms with Crippen LogP contribution < -0.4 is 0 Å². The van der Waals surface area contributed by atoms with Gasteiger partial charge >= 0.3 is 0 Å². The molecule has 2 rings (SSSR count). The minimum atomic E-state index is -4.42. The molecule has 0 amide bonds. The molecule has 0 aliphatic heterocycles. The van der Waals surface area contributed by atoms with Gasteiger partial charge in [0.05, 0.1) is 9.79 Å². The average molecular weight is 455 g/mol. The predicted octanol–water partition coefficient (Wildman–Crippen LogP) is 5.02. The Labute approximate surface area is 179 Å². The Morgan fingerprint density at radius 2 is 1.13 bits per heavy atom. The molecule has 0 spiro atoms. The molecule has 0 aliphatic carbocycles. The Kier molecular flexibility index (Phi) is 6.60. The first-order valence-electron chi connectivity index (χ1n) is 9.59. The molecule has 0 atom stereocenters. The summed E-state index contributed by atoms with van der Waals surface area (Å²) in [4.78, 5) is -0.317. The molecule has 2 aromatic rings. The van der Waals surface area contributed by atoms with Crippen LogP contribution in [-0.2, 0) is 33.1 Å². The SMILES string of the molecule is CC(C)(C)Cc1c(-c2ccc(S(=O)(=O)O)cc2)ccc(S(=O)(=O)O)c1CC(C)(C)C. The van der Waals surface area contributed by atoms with Gasteiger partial charge in [0.25, 0.3) is 20.2 Å². The number of hydrogen-bond acceptors (Lipinski definition) is 4. The van der Waals surface area contributed by atoms with E-state index in [0.29, 0.717) is 24.0 Å². The second-order valence-corrected chi connectivity index (χ2v) is 12.8. The summed E-state index contributed by atoms with van der Waals surface area (Å²) in [6, 6.07) is 8.82. The van der Waals surface area contributed by atoms with E-state index in [9.17, 15) is 25.9 Å². The lowest BCUT2D eigenvalue weighted by Gasteiger charge is -2.28. The smallest absolute Gasteiger partial charge is 0.282 e. The van der Waals surface area contributed by atoms with E-state index in [1.54, 1.807) is 18.2 Å². The zero-order valence-corrected chi connectivity index (χ0v) is 19.9. The van der Waals surface area contributed by atoms with Crippen LogP contribution in [0.3, 0.4) is 0 Å². The van der Waals surface area contributed by atoms with Gasteiger partial charge in [-0.1, -0.05) is 59.7 Å². The molecule has 0 unspecified atom stereocenters. The molecule has 30 heavy (non-hydrogen) atoms. The van der Waals surface area contributed by atoms with Crippen molar-refractivity contribution in [3.8, 4) is 11.1 Å². The highest BCUT2D eigenvalue weighted by atomic mass is 32.2. The van der Waals surface area contributed by atoms with E-state index in [2.05, 4.69) is 0 Å². The summed E-state index contributed by atoms with van der Waals surface area (Å²) < 4.78 is 66.1. The number of hydrogen-bond donors (Lipinski definition) is 2. The molecular formula is C22H30O6S2. The summed E-state index contributed by atoms with van der Waals surface area (Å²) in [5.74, 6) is 0. The van der Waals surface area contributed by atoms with Crippen molar-refractivity contribution in [1.82, 2.24) is 0 Å².